The van der Waals surface area contributed by atoms with Gasteiger partial charge in [-0.15, -0.1) is 0 Å². The molecule has 2 aromatic rings. The number of alkyl halides is 1. The van der Waals surface area contributed by atoms with Crippen LogP contribution in [0.5, 0.6) is 0 Å². The van der Waals surface area contributed by atoms with Crippen LogP contribution in [0.3, 0.4) is 0 Å². The summed E-state index contributed by atoms with van der Waals surface area (Å²) < 4.78 is 16.8. The van der Waals surface area contributed by atoms with Gasteiger partial charge >= 0.3 is 0 Å². The van der Waals surface area contributed by atoms with Crippen molar-refractivity contribution in [2.45, 2.75) is 5.28 Å². The minimum Gasteiger partial charge on any atom is -0.268 e. The molecule has 1 heterocycles. The van der Waals surface area contributed by atoms with Crippen molar-refractivity contribution in [1.82, 2.24) is 9.78 Å². The SMILES string of the molecule is [2H]C([2H])(Br)c1ccc2cnn(C)c2c1. The fourth-order valence-electron chi connectivity index (χ4n) is 1.20. The van der Waals surface area contributed by atoms with Crippen LogP contribution in [0, 0.1) is 0 Å². The zero-order valence-corrected chi connectivity index (χ0v) is 8.17. The molecule has 0 aliphatic carbocycles. The average molecular weight is 227 g/mol. The highest BCUT2D eigenvalue weighted by molar-refractivity contribution is 9.08. The molecule has 12 heavy (non-hydrogen) atoms. The van der Waals surface area contributed by atoms with Gasteiger partial charge in [-0.05, 0) is 11.6 Å². The number of hydrogen-bond donors (Lipinski definition) is 0. The minimum absolute atomic E-state index is 0.605. The first kappa shape index (κ1) is 5.75. The number of aromatic nitrogens is 2. The normalized spacial score (nSPS) is 14.5. The van der Waals surface area contributed by atoms with E-state index in [0.717, 1.165) is 10.9 Å². The number of nitrogens with zero attached hydrogens (tertiary/aromatic N) is 2. The predicted octanol–water partition coefficient (Wildman–Crippen LogP) is 2.47. The molecule has 0 amide bonds. The summed E-state index contributed by atoms with van der Waals surface area (Å²) in [7, 11) is 1.84. The van der Waals surface area contributed by atoms with E-state index in [1.165, 1.54) is 0 Å². The van der Waals surface area contributed by atoms with Gasteiger partial charge in [0.2, 0.25) is 0 Å². The molecule has 0 atom stereocenters. The van der Waals surface area contributed by atoms with Crippen molar-refractivity contribution in [3.05, 3.63) is 30.0 Å². The molecular weight excluding hydrogens is 216 g/mol. The van der Waals surface area contributed by atoms with E-state index in [9.17, 15) is 0 Å². The molecule has 3 heteroatoms. The first-order valence-corrected chi connectivity index (χ1v) is 4.39. The molecule has 0 N–H and O–H groups in total. The van der Waals surface area contributed by atoms with Crippen LogP contribution in [0.4, 0.5) is 0 Å². The topological polar surface area (TPSA) is 17.8 Å². The lowest BCUT2D eigenvalue weighted by Crippen LogP contribution is -1.89. The van der Waals surface area contributed by atoms with Crippen LogP contribution in [0.1, 0.15) is 8.30 Å². The van der Waals surface area contributed by atoms with Crippen molar-refractivity contribution < 1.29 is 2.74 Å². The maximum Gasteiger partial charge on any atom is 0.0682 e. The molecule has 0 spiro atoms. The monoisotopic (exact) mass is 226 g/mol. The van der Waals surface area contributed by atoms with Gasteiger partial charge in [0.25, 0.3) is 0 Å². The Balaban J connectivity index is 2.66. The first-order chi connectivity index (χ1) is 6.48. The third-order valence-corrected chi connectivity index (χ3v) is 2.32. The summed E-state index contributed by atoms with van der Waals surface area (Å²) in [6, 6.07) is 5.44. The Morgan fingerprint density at radius 2 is 2.50 bits per heavy atom. The van der Waals surface area contributed by atoms with Crippen molar-refractivity contribution in [3.8, 4) is 0 Å². The van der Waals surface area contributed by atoms with Gasteiger partial charge in [0, 0.05) is 20.5 Å². The lowest BCUT2D eigenvalue weighted by Gasteiger charge is -1.96. The second kappa shape index (κ2) is 2.90. The largest absolute Gasteiger partial charge is 0.268 e. The highest BCUT2D eigenvalue weighted by atomic mass is 79.9. The fraction of sp³-hybridized carbons (Fsp3) is 0.222. The summed E-state index contributed by atoms with van der Waals surface area (Å²) in [5.41, 5.74) is 1.54. The number of hydrogen-bond acceptors (Lipinski definition) is 1. The zero-order chi connectivity index (χ0) is 10.3. The van der Waals surface area contributed by atoms with E-state index in [4.69, 9.17) is 2.74 Å². The average Bonchev–Trinajstić information content (AvgIpc) is 2.46. The van der Waals surface area contributed by atoms with Crippen LogP contribution in [0.2, 0.25) is 0 Å². The van der Waals surface area contributed by atoms with Crippen LogP contribution >= 0.6 is 15.9 Å². The van der Waals surface area contributed by atoms with Crippen molar-refractivity contribution >= 4 is 26.8 Å². The van der Waals surface area contributed by atoms with Gasteiger partial charge in [-0.3, -0.25) is 4.68 Å². The summed E-state index contributed by atoms with van der Waals surface area (Å²) in [6.07, 6.45) is 1.77. The smallest absolute Gasteiger partial charge is 0.0682 e. The van der Waals surface area contributed by atoms with E-state index in [0.29, 0.717) is 5.56 Å². The van der Waals surface area contributed by atoms with E-state index in [-0.39, 0.29) is 0 Å². The predicted molar refractivity (Wildman–Crippen MR) is 53.3 cm³/mol. The molecule has 0 unspecified atom stereocenters. The standard InChI is InChI=1S/C9H9BrN2/c1-12-9-4-7(5-10)2-3-8(9)6-11-12/h2-4,6H,5H2,1H3/i5D2. The van der Waals surface area contributed by atoms with Crippen molar-refractivity contribution in [2.75, 3.05) is 0 Å². The van der Waals surface area contributed by atoms with E-state index in [1.54, 1.807) is 23.0 Å². The summed E-state index contributed by atoms with van der Waals surface area (Å²) in [5.74, 6) is 0. The summed E-state index contributed by atoms with van der Waals surface area (Å²) in [4.78, 5) is 0. The number of benzene rings is 1. The Morgan fingerprint density at radius 3 is 3.25 bits per heavy atom. The van der Waals surface area contributed by atoms with Crippen LogP contribution in [-0.4, -0.2) is 9.78 Å². The molecule has 0 radical (unpaired) electrons. The van der Waals surface area contributed by atoms with Crippen molar-refractivity contribution in [3.63, 3.8) is 0 Å². The quantitative estimate of drug-likeness (QED) is 0.684. The van der Waals surface area contributed by atoms with Gasteiger partial charge in [-0.1, -0.05) is 28.1 Å². The lowest BCUT2D eigenvalue weighted by molar-refractivity contribution is 0.796. The summed E-state index contributed by atoms with van der Waals surface area (Å²) in [6.45, 7) is 0. The number of halogens is 1. The van der Waals surface area contributed by atoms with E-state index >= 15 is 0 Å². The van der Waals surface area contributed by atoms with E-state index in [1.807, 2.05) is 13.1 Å². The molecule has 62 valence electrons. The molecule has 0 aliphatic rings. The maximum absolute atomic E-state index is 7.53. The van der Waals surface area contributed by atoms with Gasteiger partial charge in [0.15, 0.2) is 0 Å². The third-order valence-electron chi connectivity index (χ3n) is 1.86. The Bertz CT molecular complexity index is 473. The Morgan fingerprint density at radius 1 is 1.67 bits per heavy atom. The Hall–Kier alpha value is -0.830. The molecule has 0 fully saturated rings. The number of fused-ring (bicyclic) bond motifs is 1. The Labute approximate surface area is 82.1 Å². The Kier molecular flexibility index (Phi) is 1.39. The second-order valence-corrected chi connectivity index (χ2v) is 3.03. The highest BCUT2D eigenvalue weighted by Gasteiger charge is 1.98. The highest BCUT2D eigenvalue weighted by Crippen LogP contribution is 2.16. The molecule has 0 bridgehead atoms. The van der Waals surface area contributed by atoms with E-state index in [2.05, 4.69) is 21.0 Å². The molecule has 1 aromatic carbocycles. The van der Waals surface area contributed by atoms with Crippen LogP contribution in [-0.2, 0) is 12.3 Å². The van der Waals surface area contributed by atoms with Crippen molar-refractivity contribution in [1.29, 1.82) is 0 Å². The lowest BCUT2D eigenvalue weighted by atomic mass is 10.2. The first-order valence-electron chi connectivity index (χ1n) is 4.59. The van der Waals surface area contributed by atoms with Gasteiger partial charge in [-0.25, -0.2) is 0 Å². The zero-order valence-electron chi connectivity index (χ0n) is 8.58. The number of rotatable bonds is 1. The molecular formula is C9H9BrN2. The molecule has 0 saturated carbocycles. The van der Waals surface area contributed by atoms with Crippen LogP contribution in [0.25, 0.3) is 10.9 Å². The minimum atomic E-state index is -1.48. The summed E-state index contributed by atoms with van der Waals surface area (Å²) in [5, 5.41) is 3.64. The second-order valence-electron chi connectivity index (χ2n) is 2.64. The molecule has 0 saturated heterocycles. The van der Waals surface area contributed by atoms with Gasteiger partial charge in [0.1, 0.15) is 0 Å². The van der Waals surface area contributed by atoms with Gasteiger partial charge in [0.05, 0.1) is 11.7 Å². The molecule has 2 rings (SSSR count). The van der Waals surface area contributed by atoms with Crippen molar-refractivity contribution in [2.24, 2.45) is 7.05 Å². The van der Waals surface area contributed by atoms with Crippen LogP contribution < -0.4 is 0 Å². The summed E-state index contributed by atoms with van der Waals surface area (Å²) >= 11 is 2.99. The van der Waals surface area contributed by atoms with Gasteiger partial charge < -0.3 is 0 Å². The molecule has 2 nitrogen and oxygen atoms in total. The van der Waals surface area contributed by atoms with E-state index < -0.39 is 5.28 Å². The molecule has 1 aromatic heterocycles. The van der Waals surface area contributed by atoms with Gasteiger partial charge in [-0.2, -0.15) is 5.10 Å². The maximum atomic E-state index is 7.53. The molecule has 0 aliphatic heterocycles. The number of aryl methyl sites for hydroxylation is 1. The third kappa shape index (κ3) is 1.14. The fourth-order valence-corrected chi connectivity index (χ4v) is 1.45. The van der Waals surface area contributed by atoms with Crippen LogP contribution in [0.15, 0.2) is 24.4 Å².